The highest BCUT2D eigenvalue weighted by atomic mass is 16.6. The van der Waals surface area contributed by atoms with Crippen LogP contribution >= 0.6 is 0 Å². The fourth-order valence-electron chi connectivity index (χ4n) is 2.58. The summed E-state index contributed by atoms with van der Waals surface area (Å²) in [5, 5.41) is 6.18. The van der Waals surface area contributed by atoms with Gasteiger partial charge in [0.15, 0.2) is 11.5 Å². The van der Waals surface area contributed by atoms with Crippen LogP contribution in [-0.2, 0) is 4.79 Å². The van der Waals surface area contributed by atoms with E-state index in [1.807, 2.05) is 24.3 Å². The number of rotatable bonds is 3. The van der Waals surface area contributed by atoms with Gasteiger partial charge in [-0.25, -0.2) is 0 Å². The van der Waals surface area contributed by atoms with Gasteiger partial charge in [-0.15, -0.1) is 0 Å². The number of amides is 1. The van der Waals surface area contributed by atoms with Crippen molar-refractivity contribution in [1.29, 1.82) is 0 Å². The smallest absolute Gasteiger partial charge is 0.237 e. The molecule has 1 aromatic carbocycles. The van der Waals surface area contributed by atoms with Gasteiger partial charge in [-0.1, -0.05) is 18.6 Å². The van der Waals surface area contributed by atoms with Gasteiger partial charge in [-0.2, -0.15) is 0 Å². The van der Waals surface area contributed by atoms with Crippen LogP contribution in [0, 0.1) is 0 Å². The Morgan fingerprint density at radius 2 is 2.15 bits per heavy atom. The van der Waals surface area contributed by atoms with E-state index in [4.69, 9.17) is 9.47 Å². The van der Waals surface area contributed by atoms with Crippen LogP contribution in [0.4, 0.5) is 0 Å². The molecule has 2 aliphatic rings. The van der Waals surface area contributed by atoms with Crippen molar-refractivity contribution in [2.24, 2.45) is 0 Å². The number of benzene rings is 1. The topological polar surface area (TPSA) is 59.6 Å². The summed E-state index contributed by atoms with van der Waals surface area (Å²) in [7, 11) is 0. The fourth-order valence-corrected chi connectivity index (χ4v) is 2.58. The summed E-state index contributed by atoms with van der Waals surface area (Å²) < 4.78 is 11.4. The zero-order valence-corrected chi connectivity index (χ0v) is 11.4. The Balaban J connectivity index is 1.49. The maximum Gasteiger partial charge on any atom is 0.237 e. The number of piperidine rings is 1. The Morgan fingerprint density at radius 3 is 2.95 bits per heavy atom. The molecule has 5 nitrogen and oxygen atoms in total. The average molecular weight is 276 g/mol. The molecule has 3 rings (SSSR count). The molecule has 1 amide bonds. The summed E-state index contributed by atoms with van der Waals surface area (Å²) in [6.07, 6.45) is 3.05. The number of hydrogen-bond acceptors (Lipinski definition) is 4. The molecule has 2 atom stereocenters. The summed E-state index contributed by atoms with van der Waals surface area (Å²) in [6, 6.07) is 7.54. The van der Waals surface area contributed by atoms with Crippen LogP contribution in [0.3, 0.4) is 0 Å². The lowest BCUT2D eigenvalue weighted by molar-refractivity contribution is -0.124. The van der Waals surface area contributed by atoms with Gasteiger partial charge in [0, 0.05) is 0 Å². The van der Waals surface area contributed by atoms with Gasteiger partial charge in [0.05, 0.1) is 12.6 Å². The van der Waals surface area contributed by atoms with E-state index in [9.17, 15) is 4.79 Å². The highest BCUT2D eigenvalue weighted by Crippen LogP contribution is 2.30. The van der Waals surface area contributed by atoms with Gasteiger partial charge >= 0.3 is 0 Å². The maximum absolute atomic E-state index is 12.0. The predicted octanol–water partition coefficient (Wildman–Crippen LogP) is 1.08. The predicted molar refractivity (Wildman–Crippen MR) is 75.0 cm³/mol. The van der Waals surface area contributed by atoms with Crippen molar-refractivity contribution in [2.45, 2.75) is 31.4 Å². The van der Waals surface area contributed by atoms with Crippen LogP contribution in [-0.4, -0.2) is 37.7 Å². The van der Waals surface area contributed by atoms with E-state index in [1.165, 1.54) is 0 Å². The number of carbonyl (C=O) groups excluding carboxylic acids is 1. The van der Waals surface area contributed by atoms with Gasteiger partial charge in [0.25, 0.3) is 0 Å². The van der Waals surface area contributed by atoms with Crippen molar-refractivity contribution in [3.8, 4) is 11.5 Å². The largest absolute Gasteiger partial charge is 0.486 e. The first-order valence-electron chi connectivity index (χ1n) is 7.22. The fraction of sp³-hybridized carbons (Fsp3) is 0.533. The molecular weight excluding hydrogens is 256 g/mol. The highest BCUT2D eigenvalue weighted by Gasteiger charge is 2.24. The molecule has 2 aliphatic heterocycles. The van der Waals surface area contributed by atoms with Crippen LogP contribution in [0.15, 0.2) is 24.3 Å². The van der Waals surface area contributed by atoms with E-state index in [2.05, 4.69) is 10.6 Å². The maximum atomic E-state index is 12.0. The monoisotopic (exact) mass is 276 g/mol. The summed E-state index contributed by atoms with van der Waals surface area (Å²) in [5.74, 6) is 1.57. The standard InChI is InChI=1S/C15H20N2O3/c18-15(12-5-3-4-8-16-12)17-9-11-10-19-13-6-1-2-7-14(13)20-11/h1-2,6-7,11-12,16H,3-5,8-10H2,(H,17,18). The molecule has 5 heteroatoms. The molecule has 0 radical (unpaired) electrons. The van der Waals surface area contributed by atoms with Crippen LogP contribution in [0.2, 0.25) is 0 Å². The van der Waals surface area contributed by atoms with Crippen molar-refractivity contribution in [1.82, 2.24) is 10.6 Å². The molecule has 0 aliphatic carbocycles. The molecule has 0 saturated carbocycles. The molecular formula is C15H20N2O3. The van der Waals surface area contributed by atoms with E-state index < -0.39 is 0 Å². The quantitative estimate of drug-likeness (QED) is 0.867. The van der Waals surface area contributed by atoms with Crippen molar-refractivity contribution >= 4 is 5.91 Å². The highest BCUT2D eigenvalue weighted by molar-refractivity contribution is 5.81. The third kappa shape index (κ3) is 3.04. The lowest BCUT2D eigenvalue weighted by Gasteiger charge is -2.28. The first kappa shape index (κ1) is 13.2. The molecule has 0 spiro atoms. The molecule has 2 N–H and O–H groups in total. The Labute approximate surface area is 118 Å². The van der Waals surface area contributed by atoms with Crippen molar-refractivity contribution in [3.05, 3.63) is 24.3 Å². The molecule has 20 heavy (non-hydrogen) atoms. The third-order valence-corrected chi connectivity index (χ3v) is 3.70. The van der Waals surface area contributed by atoms with Gasteiger partial charge < -0.3 is 20.1 Å². The van der Waals surface area contributed by atoms with E-state index in [0.29, 0.717) is 13.2 Å². The number of hydrogen-bond donors (Lipinski definition) is 2. The summed E-state index contributed by atoms with van der Waals surface area (Å²) >= 11 is 0. The first-order chi connectivity index (χ1) is 9.83. The molecule has 2 heterocycles. The van der Waals surface area contributed by atoms with Gasteiger partial charge in [-0.3, -0.25) is 4.79 Å². The summed E-state index contributed by atoms with van der Waals surface area (Å²) in [5.41, 5.74) is 0. The number of para-hydroxylation sites is 2. The lowest BCUT2D eigenvalue weighted by Crippen LogP contribution is -2.49. The van der Waals surface area contributed by atoms with Crippen LogP contribution < -0.4 is 20.1 Å². The lowest BCUT2D eigenvalue weighted by atomic mass is 10.0. The van der Waals surface area contributed by atoms with Crippen LogP contribution in [0.1, 0.15) is 19.3 Å². The minimum absolute atomic E-state index is 0.0551. The molecule has 1 fully saturated rings. The second-order valence-corrected chi connectivity index (χ2v) is 5.25. The minimum Gasteiger partial charge on any atom is -0.486 e. The van der Waals surface area contributed by atoms with E-state index in [1.54, 1.807) is 0 Å². The van der Waals surface area contributed by atoms with E-state index >= 15 is 0 Å². The average Bonchev–Trinajstić information content (AvgIpc) is 2.53. The van der Waals surface area contributed by atoms with E-state index in [-0.39, 0.29) is 18.1 Å². The van der Waals surface area contributed by atoms with Gasteiger partial charge in [0.2, 0.25) is 5.91 Å². The number of fused-ring (bicyclic) bond motifs is 1. The normalized spacial score (nSPS) is 25.0. The zero-order chi connectivity index (χ0) is 13.8. The summed E-state index contributed by atoms with van der Waals surface area (Å²) in [6.45, 7) is 1.87. The Morgan fingerprint density at radius 1 is 1.30 bits per heavy atom. The third-order valence-electron chi connectivity index (χ3n) is 3.70. The van der Waals surface area contributed by atoms with Crippen molar-refractivity contribution in [2.75, 3.05) is 19.7 Å². The molecule has 0 bridgehead atoms. The van der Waals surface area contributed by atoms with Crippen LogP contribution in [0.25, 0.3) is 0 Å². The second kappa shape index (κ2) is 6.13. The van der Waals surface area contributed by atoms with E-state index in [0.717, 1.165) is 37.3 Å². The minimum atomic E-state index is -0.127. The number of ether oxygens (including phenoxy) is 2. The Hall–Kier alpha value is -1.75. The molecule has 1 aromatic rings. The van der Waals surface area contributed by atoms with Crippen LogP contribution in [0.5, 0.6) is 11.5 Å². The molecule has 108 valence electrons. The Bertz CT molecular complexity index is 472. The first-order valence-corrected chi connectivity index (χ1v) is 7.22. The summed E-state index contributed by atoms with van der Waals surface area (Å²) in [4.78, 5) is 12.0. The zero-order valence-electron chi connectivity index (χ0n) is 11.4. The number of nitrogens with one attached hydrogen (secondary N) is 2. The van der Waals surface area contributed by atoms with Gasteiger partial charge in [-0.05, 0) is 31.5 Å². The van der Waals surface area contributed by atoms with Gasteiger partial charge in [0.1, 0.15) is 12.7 Å². The second-order valence-electron chi connectivity index (χ2n) is 5.25. The molecule has 0 aromatic heterocycles. The SMILES string of the molecule is O=C(NCC1COc2ccccc2O1)C1CCCCN1. The van der Waals surface area contributed by atoms with Crippen molar-refractivity contribution < 1.29 is 14.3 Å². The number of carbonyl (C=O) groups is 1. The van der Waals surface area contributed by atoms with Crippen molar-refractivity contribution in [3.63, 3.8) is 0 Å². The molecule has 2 unspecified atom stereocenters. The Kier molecular flexibility index (Phi) is 4.06. The molecule has 1 saturated heterocycles.